The number of nitriles is 1. The van der Waals surface area contributed by atoms with Crippen LogP contribution in [0.4, 0.5) is 11.4 Å². The third-order valence-corrected chi connectivity index (χ3v) is 3.28. The fraction of sp³-hybridized carbons (Fsp3) is 0.200. The van der Waals surface area contributed by atoms with Gasteiger partial charge in [-0.25, -0.2) is 4.98 Å². The van der Waals surface area contributed by atoms with E-state index in [0.29, 0.717) is 5.69 Å². The Labute approximate surface area is 112 Å². The Kier molecular flexibility index (Phi) is 3.13. The second-order valence-corrected chi connectivity index (χ2v) is 4.47. The maximum absolute atomic E-state index is 8.81. The van der Waals surface area contributed by atoms with Crippen molar-refractivity contribution in [3.05, 3.63) is 53.9 Å². The molecule has 0 saturated carbocycles. The summed E-state index contributed by atoms with van der Waals surface area (Å²) in [7, 11) is 0. The quantitative estimate of drug-likeness (QED) is 0.843. The van der Waals surface area contributed by atoms with E-state index in [1.807, 2.05) is 18.2 Å². The maximum Gasteiger partial charge on any atom is 0.140 e. The standard InChI is InChI=1S/C15H14N4/c16-9-13-5-6-14(11-18-13)19-8-7-17-10-12-3-1-2-4-15(12)19/h1-6,11,17H,7-8,10H2. The van der Waals surface area contributed by atoms with Crippen molar-refractivity contribution in [2.75, 3.05) is 18.0 Å². The van der Waals surface area contributed by atoms with Crippen molar-refractivity contribution in [1.82, 2.24) is 10.3 Å². The molecule has 0 bridgehead atoms. The summed E-state index contributed by atoms with van der Waals surface area (Å²) in [5.74, 6) is 0. The SMILES string of the molecule is N#Cc1ccc(N2CCNCc3ccccc32)cn1. The third-order valence-electron chi connectivity index (χ3n) is 3.28. The van der Waals surface area contributed by atoms with E-state index >= 15 is 0 Å². The van der Waals surface area contributed by atoms with Gasteiger partial charge in [-0.3, -0.25) is 0 Å². The van der Waals surface area contributed by atoms with Gasteiger partial charge in [0.15, 0.2) is 0 Å². The van der Waals surface area contributed by atoms with Crippen molar-refractivity contribution < 1.29 is 0 Å². The molecule has 19 heavy (non-hydrogen) atoms. The zero-order chi connectivity index (χ0) is 13.1. The first-order chi connectivity index (χ1) is 9.38. The molecule has 1 aliphatic rings. The summed E-state index contributed by atoms with van der Waals surface area (Å²) in [6.07, 6.45) is 1.76. The van der Waals surface area contributed by atoms with Crippen molar-refractivity contribution in [2.24, 2.45) is 0 Å². The summed E-state index contributed by atoms with van der Waals surface area (Å²) in [4.78, 5) is 6.39. The Balaban J connectivity index is 2.01. The second-order valence-electron chi connectivity index (χ2n) is 4.47. The number of aromatic nitrogens is 1. The number of rotatable bonds is 1. The molecule has 94 valence electrons. The second kappa shape index (κ2) is 5.09. The molecule has 0 spiro atoms. The molecule has 0 saturated heterocycles. The van der Waals surface area contributed by atoms with E-state index in [1.165, 1.54) is 11.3 Å². The number of fused-ring (bicyclic) bond motifs is 1. The van der Waals surface area contributed by atoms with Crippen molar-refractivity contribution in [2.45, 2.75) is 6.54 Å². The fourth-order valence-electron chi connectivity index (χ4n) is 2.34. The summed E-state index contributed by atoms with van der Waals surface area (Å²) in [6, 6.07) is 14.1. The highest BCUT2D eigenvalue weighted by Gasteiger charge is 2.16. The van der Waals surface area contributed by atoms with Gasteiger partial charge < -0.3 is 10.2 Å². The molecule has 1 aromatic heterocycles. The molecular formula is C15H14N4. The lowest BCUT2D eigenvalue weighted by molar-refractivity contribution is 0.712. The number of hydrogen-bond acceptors (Lipinski definition) is 4. The van der Waals surface area contributed by atoms with E-state index in [4.69, 9.17) is 5.26 Å². The zero-order valence-electron chi connectivity index (χ0n) is 10.5. The zero-order valence-corrected chi connectivity index (χ0v) is 10.5. The van der Waals surface area contributed by atoms with Crippen molar-refractivity contribution in [3.8, 4) is 6.07 Å². The summed E-state index contributed by atoms with van der Waals surface area (Å²) < 4.78 is 0. The molecular weight excluding hydrogens is 236 g/mol. The minimum Gasteiger partial charge on any atom is -0.339 e. The van der Waals surface area contributed by atoms with Crippen LogP contribution in [0.25, 0.3) is 0 Å². The minimum absolute atomic E-state index is 0.449. The molecule has 2 aromatic rings. The molecule has 0 unspecified atom stereocenters. The van der Waals surface area contributed by atoms with Gasteiger partial charge in [0.05, 0.1) is 11.9 Å². The number of nitrogens with one attached hydrogen (secondary N) is 1. The molecule has 1 N–H and O–H groups in total. The van der Waals surface area contributed by atoms with Gasteiger partial charge in [-0.15, -0.1) is 0 Å². The van der Waals surface area contributed by atoms with Crippen molar-refractivity contribution in [1.29, 1.82) is 5.26 Å². The predicted octanol–water partition coefficient (Wildman–Crippen LogP) is 2.19. The van der Waals surface area contributed by atoms with Gasteiger partial charge in [0.2, 0.25) is 0 Å². The monoisotopic (exact) mass is 250 g/mol. The Hall–Kier alpha value is -2.38. The number of benzene rings is 1. The minimum atomic E-state index is 0.449. The van der Waals surface area contributed by atoms with Gasteiger partial charge in [0, 0.05) is 25.3 Å². The molecule has 2 heterocycles. The first kappa shape index (κ1) is 11.7. The third kappa shape index (κ3) is 2.28. The van der Waals surface area contributed by atoms with Crippen LogP contribution >= 0.6 is 0 Å². The molecule has 0 fully saturated rings. The van der Waals surface area contributed by atoms with Crippen LogP contribution < -0.4 is 10.2 Å². The van der Waals surface area contributed by atoms with E-state index in [9.17, 15) is 0 Å². The fourth-order valence-corrected chi connectivity index (χ4v) is 2.34. The van der Waals surface area contributed by atoms with Gasteiger partial charge in [-0.2, -0.15) is 5.26 Å². The Bertz CT molecular complexity index is 613. The lowest BCUT2D eigenvalue weighted by atomic mass is 10.1. The van der Waals surface area contributed by atoms with Crippen LogP contribution in [0.2, 0.25) is 0 Å². The normalized spacial score (nSPS) is 14.4. The predicted molar refractivity (Wildman–Crippen MR) is 74.1 cm³/mol. The maximum atomic E-state index is 8.81. The molecule has 0 amide bonds. The first-order valence-electron chi connectivity index (χ1n) is 6.31. The van der Waals surface area contributed by atoms with Gasteiger partial charge in [0.1, 0.15) is 11.8 Å². The van der Waals surface area contributed by atoms with Crippen LogP contribution in [-0.2, 0) is 6.54 Å². The summed E-state index contributed by atoms with van der Waals surface area (Å²) in [5.41, 5.74) is 3.96. The molecule has 4 nitrogen and oxygen atoms in total. The van der Waals surface area contributed by atoms with Gasteiger partial charge in [0.25, 0.3) is 0 Å². The topological polar surface area (TPSA) is 52.0 Å². The van der Waals surface area contributed by atoms with E-state index in [2.05, 4.69) is 33.4 Å². The van der Waals surface area contributed by atoms with E-state index in [1.54, 1.807) is 12.3 Å². The average molecular weight is 250 g/mol. The van der Waals surface area contributed by atoms with Crippen molar-refractivity contribution >= 4 is 11.4 Å². The van der Waals surface area contributed by atoms with E-state index in [0.717, 1.165) is 25.3 Å². The summed E-state index contributed by atoms with van der Waals surface area (Å²) in [5, 5.41) is 12.2. The largest absolute Gasteiger partial charge is 0.339 e. The highest BCUT2D eigenvalue weighted by Crippen LogP contribution is 2.29. The molecule has 3 rings (SSSR count). The van der Waals surface area contributed by atoms with Crippen LogP contribution in [0.5, 0.6) is 0 Å². The molecule has 0 radical (unpaired) electrons. The first-order valence-corrected chi connectivity index (χ1v) is 6.31. The van der Waals surface area contributed by atoms with Gasteiger partial charge in [-0.1, -0.05) is 18.2 Å². The Morgan fingerprint density at radius 3 is 2.89 bits per heavy atom. The molecule has 0 atom stereocenters. The molecule has 0 aliphatic carbocycles. The number of anilines is 2. The van der Waals surface area contributed by atoms with E-state index in [-0.39, 0.29) is 0 Å². The Morgan fingerprint density at radius 2 is 2.11 bits per heavy atom. The summed E-state index contributed by atoms with van der Waals surface area (Å²) in [6.45, 7) is 2.70. The highest BCUT2D eigenvalue weighted by molar-refractivity contribution is 5.66. The molecule has 1 aliphatic heterocycles. The molecule has 1 aromatic carbocycles. The smallest absolute Gasteiger partial charge is 0.140 e. The number of para-hydroxylation sites is 1. The van der Waals surface area contributed by atoms with Crippen LogP contribution in [0.15, 0.2) is 42.6 Å². The summed E-state index contributed by atoms with van der Waals surface area (Å²) >= 11 is 0. The lowest BCUT2D eigenvalue weighted by Gasteiger charge is -2.24. The average Bonchev–Trinajstić information content (AvgIpc) is 2.70. The van der Waals surface area contributed by atoms with Crippen molar-refractivity contribution in [3.63, 3.8) is 0 Å². The van der Waals surface area contributed by atoms with Gasteiger partial charge >= 0.3 is 0 Å². The van der Waals surface area contributed by atoms with Gasteiger partial charge in [-0.05, 0) is 23.8 Å². The highest BCUT2D eigenvalue weighted by atomic mass is 15.2. The number of nitrogens with zero attached hydrogens (tertiary/aromatic N) is 3. The number of hydrogen-bond donors (Lipinski definition) is 1. The van der Waals surface area contributed by atoms with Crippen LogP contribution in [0.1, 0.15) is 11.3 Å². The van der Waals surface area contributed by atoms with Crippen LogP contribution in [0.3, 0.4) is 0 Å². The van der Waals surface area contributed by atoms with Crippen LogP contribution in [0, 0.1) is 11.3 Å². The molecule has 4 heteroatoms. The van der Waals surface area contributed by atoms with Crippen LogP contribution in [-0.4, -0.2) is 18.1 Å². The Morgan fingerprint density at radius 1 is 1.21 bits per heavy atom. The van der Waals surface area contributed by atoms with E-state index < -0.39 is 0 Å². The number of pyridine rings is 1. The lowest BCUT2D eigenvalue weighted by Crippen LogP contribution is -2.24.